The third-order valence-electron chi connectivity index (χ3n) is 2.05. The van der Waals surface area contributed by atoms with Crippen LogP contribution in [0.15, 0.2) is 22.7 Å². The molecule has 0 spiro atoms. The minimum absolute atomic E-state index is 0.332. The van der Waals surface area contributed by atoms with Gasteiger partial charge in [0.05, 0.1) is 7.11 Å². The second kappa shape index (κ2) is 5.03. The molecule has 0 radical (unpaired) electrons. The third kappa shape index (κ3) is 2.55. The van der Waals surface area contributed by atoms with Gasteiger partial charge in [-0.15, -0.1) is 0 Å². The summed E-state index contributed by atoms with van der Waals surface area (Å²) in [6.07, 6.45) is 0. The van der Waals surface area contributed by atoms with Gasteiger partial charge >= 0.3 is 5.97 Å². The molecule has 0 saturated heterocycles. The summed E-state index contributed by atoms with van der Waals surface area (Å²) in [5.41, 5.74) is 0.375. The van der Waals surface area contributed by atoms with Gasteiger partial charge in [0.2, 0.25) is 5.78 Å². The molecule has 0 aliphatic heterocycles. The molecule has 4 nitrogen and oxygen atoms in total. The van der Waals surface area contributed by atoms with E-state index in [9.17, 15) is 9.59 Å². The van der Waals surface area contributed by atoms with Crippen molar-refractivity contribution in [1.29, 1.82) is 5.41 Å². The van der Waals surface area contributed by atoms with Crippen molar-refractivity contribution in [2.24, 2.45) is 0 Å². The predicted octanol–water partition coefficient (Wildman–Crippen LogP) is 2.13. The molecule has 0 aliphatic carbocycles. The smallest absolute Gasteiger partial charge is 0.360 e. The van der Waals surface area contributed by atoms with E-state index in [2.05, 4.69) is 20.7 Å². The highest BCUT2D eigenvalue weighted by atomic mass is 79.9. The average molecular weight is 284 g/mol. The molecular formula is C11H10BrNO3. The first-order valence-electron chi connectivity index (χ1n) is 4.45. The number of aryl methyl sites for hydroxylation is 1. The molecule has 16 heavy (non-hydrogen) atoms. The molecular weight excluding hydrogens is 274 g/mol. The van der Waals surface area contributed by atoms with E-state index in [1.807, 2.05) is 0 Å². The molecule has 1 aromatic carbocycles. The van der Waals surface area contributed by atoms with Crippen molar-refractivity contribution in [3.63, 3.8) is 0 Å². The Morgan fingerprint density at radius 1 is 1.38 bits per heavy atom. The zero-order valence-corrected chi connectivity index (χ0v) is 10.4. The fourth-order valence-corrected chi connectivity index (χ4v) is 1.69. The van der Waals surface area contributed by atoms with Crippen LogP contribution in [0.2, 0.25) is 0 Å². The number of esters is 1. The first-order valence-corrected chi connectivity index (χ1v) is 5.24. The van der Waals surface area contributed by atoms with E-state index in [-0.39, 0.29) is 0 Å². The molecule has 1 rings (SSSR count). The van der Waals surface area contributed by atoms with Crippen LogP contribution in [0.4, 0.5) is 0 Å². The Bertz CT molecular complexity index is 468. The number of ether oxygens (including phenoxy) is 1. The van der Waals surface area contributed by atoms with Crippen LogP contribution in [-0.4, -0.2) is 24.6 Å². The summed E-state index contributed by atoms with van der Waals surface area (Å²) in [6, 6.07) is 5.00. The van der Waals surface area contributed by atoms with Crippen molar-refractivity contribution < 1.29 is 14.3 Å². The van der Waals surface area contributed by atoms with Gasteiger partial charge in [-0.2, -0.15) is 0 Å². The molecule has 0 aliphatic rings. The summed E-state index contributed by atoms with van der Waals surface area (Å²) in [5.74, 6) is -1.55. The largest absolute Gasteiger partial charge is 0.464 e. The molecule has 0 saturated carbocycles. The van der Waals surface area contributed by atoms with Gasteiger partial charge in [-0.3, -0.25) is 10.2 Å². The summed E-state index contributed by atoms with van der Waals surface area (Å²) < 4.78 is 5.16. The predicted molar refractivity (Wildman–Crippen MR) is 63.0 cm³/mol. The van der Waals surface area contributed by atoms with E-state index in [1.54, 1.807) is 25.1 Å². The number of carbonyl (C=O) groups is 2. The fraction of sp³-hybridized carbons (Fsp3) is 0.182. The lowest BCUT2D eigenvalue weighted by molar-refractivity contribution is -0.132. The Balaban J connectivity index is 3.06. The minimum Gasteiger partial charge on any atom is -0.464 e. The molecule has 1 aromatic rings. The third-order valence-corrected chi connectivity index (χ3v) is 2.54. The van der Waals surface area contributed by atoms with Gasteiger partial charge in [0.15, 0.2) is 5.71 Å². The number of methoxy groups -OCH3 is 1. The molecule has 1 N–H and O–H groups in total. The number of benzene rings is 1. The van der Waals surface area contributed by atoms with Crippen LogP contribution in [-0.2, 0) is 9.53 Å². The van der Waals surface area contributed by atoms with Crippen LogP contribution in [0.1, 0.15) is 15.9 Å². The van der Waals surface area contributed by atoms with Crippen molar-refractivity contribution in [2.75, 3.05) is 7.11 Å². The molecule has 0 bridgehead atoms. The Hall–Kier alpha value is -1.49. The second-order valence-electron chi connectivity index (χ2n) is 3.15. The van der Waals surface area contributed by atoms with E-state index in [0.29, 0.717) is 11.1 Å². The van der Waals surface area contributed by atoms with Crippen LogP contribution in [0.3, 0.4) is 0 Å². The monoisotopic (exact) mass is 283 g/mol. The van der Waals surface area contributed by atoms with E-state index in [0.717, 1.165) is 11.6 Å². The standard InChI is InChI=1S/C11H10BrNO3/c1-6-5-7(12)3-4-8(6)10(14)9(13)11(15)16-2/h3-5,13H,1-2H3. The Morgan fingerprint density at radius 2 is 2.00 bits per heavy atom. The molecule has 0 aromatic heterocycles. The Morgan fingerprint density at radius 3 is 2.50 bits per heavy atom. The lowest BCUT2D eigenvalue weighted by Gasteiger charge is -2.05. The molecule has 0 heterocycles. The lowest BCUT2D eigenvalue weighted by Crippen LogP contribution is -2.25. The van der Waals surface area contributed by atoms with Crippen molar-refractivity contribution >= 4 is 33.4 Å². The Labute approximate surface area is 101 Å². The van der Waals surface area contributed by atoms with Crippen LogP contribution < -0.4 is 0 Å². The number of hydrogen-bond acceptors (Lipinski definition) is 4. The zero-order valence-electron chi connectivity index (χ0n) is 8.83. The first kappa shape index (κ1) is 12.6. The van der Waals surface area contributed by atoms with Crippen LogP contribution in [0.25, 0.3) is 0 Å². The maximum Gasteiger partial charge on any atom is 0.360 e. The first-order chi connectivity index (χ1) is 7.47. The van der Waals surface area contributed by atoms with Gasteiger partial charge in [0.1, 0.15) is 0 Å². The number of rotatable bonds is 3. The number of nitrogens with one attached hydrogen (secondary N) is 1. The minimum atomic E-state index is -0.924. The molecule has 0 unspecified atom stereocenters. The van der Waals surface area contributed by atoms with E-state index in [4.69, 9.17) is 5.41 Å². The summed E-state index contributed by atoms with van der Waals surface area (Å²) in [4.78, 5) is 22.8. The average Bonchev–Trinajstić information content (AvgIpc) is 2.26. The van der Waals surface area contributed by atoms with Crippen molar-refractivity contribution in [3.8, 4) is 0 Å². The van der Waals surface area contributed by atoms with E-state index < -0.39 is 17.5 Å². The van der Waals surface area contributed by atoms with Crippen molar-refractivity contribution in [2.45, 2.75) is 6.92 Å². The van der Waals surface area contributed by atoms with Gasteiger partial charge < -0.3 is 4.74 Å². The van der Waals surface area contributed by atoms with Crippen LogP contribution >= 0.6 is 15.9 Å². The summed E-state index contributed by atoms with van der Waals surface area (Å²) in [5, 5.41) is 7.35. The van der Waals surface area contributed by atoms with Gasteiger partial charge in [-0.25, -0.2) is 4.79 Å². The molecule has 0 atom stereocenters. The Kier molecular flexibility index (Phi) is 3.95. The number of halogens is 1. The number of hydrogen-bond donors (Lipinski definition) is 1. The van der Waals surface area contributed by atoms with E-state index >= 15 is 0 Å². The molecule has 0 amide bonds. The summed E-state index contributed by atoms with van der Waals surface area (Å²) in [7, 11) is 1.14. The number of ketones is 1. The van der Waals surface area contributed by atoms with Crippen LogP contribution in [0, 0.1) is 12.3 Å². The summed E-state index contributed by atoms with van der Waals surface area (Å²) >= 11 is 3.27. The number of carbonyl (C=O) groups excluding carboxylic acids is 2. The zero-order chi connectivity index (χ0) is 12.3. The van der Waals surface area contributed by atoms with Crippen molar-refractivity contribution in [3.05, 3.63) is 33.8 Å². The molecule has 84 valence electrons. The normalized spacial score (nSPS) is 9.69. The second-order valence-corrected chi connectivity index (χ2v) is 4.07. The molecule has 0 fully saturated rings. The van der Waals surface area contributed by atoms with E-state index in [1.165, 1.54) is 0 Å². The van der Waals surface area contributed by atoms with Crippen molar-refractivity contribution in [1.82, 2.24) is 0 Å². The highest BCUT2D eigenvalue weighted by molar-refractivity contribution is 9.10. The summed E-state index contributed by atoms with van der Waals surface area (Å²) in [6.45, 7) is 1.74. The maximum atomic E-state index is 11.7. The fourth-order valence-electron chi connectivity index (χ4n) is 1.21. The molecule has 5 heteroatoms. The highest BCUT2D eigenvalue weighted by Gasteiger charge is 2.21. The SMILES string of the molecule is COC(=O)C(=N)C(=O)c1ccc(Br)cc1C. The van der Waals surface area contributed by atoms with Gasteiger partial charge in [0.25, 0.3) is 0 Å². The van der Waals surface area contributed by atoms with Gasteiger partial charge in [-0.1, -0.05) is 15.9 Å². The quantitative estimate of drug-likeness (QED) is 0.400. The van der Waals surface area contributed by atoms with Gasteiger partial charge in [0, 0.05) is 10.0 Å². The lowest BCUT2D eigenvalue weighted by atomic mass is 10.0. The highest BCUT2D eigenvalue weighted by Crippen LogP contribution is 2.16. The van der Waals surface area contributed by atoms with Gasteiger partial charge in [-0.05, 0) is 30.7 Å². The topological polar surface area (TPSA) is 67.2 Å². The van der Waals surface area contributed by atoms with Crippen LogP contribution in [0.5, 0.6) is 0 Å². The number of Topliss-reactive ketones (excluding diaryl/α,β-unsaturated/α-hetero) is 1. The maximum absolute atomic E-state index is 11.7.